The molecule has 0 atom stereocenters. The second-order valence-corrected chi connectivity index (χ2v) is 6.67. The van der Waals surface area contributed by atoms with Gasteiger partial charge < -0.3 is 10.1 Å². The molecule has 1 aliphatic rings. The number of nitrogens with one attached hydrogen (secondary N) is 1. The van der Waals surface area contributed by atoms with Gasteiger partial charge in [-0.15, -0.1) is 0 Å². The third-order valence-corrected chi connectivity index (χ3v) is 4.70. The highest BCUT2D eigenvalue weighted by Crippen LogP contribution is 2.32. The zero-order valence-corrected chi connectivity index (χ0v) is 16.1. The van der Waals surface area contributed by atoms with Crippen molar-refractivity contribution in [3.8, 4) is 5.75 Å². The Balaban J connectivity index is 1.74. The fourth-order valence-corrected chi connectivity index (χ4v) is 3.24. The SMILES string of the molecule is COc1cccc(NC2=C(c3ccc(F)cc3)C(=O)N(Cc3cccnc3)C2=O)c1. The zero-order chi connectivity index (χ0) is 21.1. The average molecular weight is 403 g/mol. The van der Waals surface area contributed by atoms with Crippen molar-refractivity contribution >= 4 is 23.1 Å². The van der Waals surface area contributed by atoms with Gasteiger partial charge in [-0.25, -0.2) is 4.39 Å². The van der Waals surface area contributed by atoms with Crippen molar-refractivity contribution in [3.05, 3.63) is 95.7 Å². The lowest BCUT2D eigenvalue weighted by atomic mass is 10.0. The molecule has 0 saturated carbocycles. The van der Waals surface area contributed by atoms with Crippen molar-refractivity contribution in [3.63, 3.8) is 0 Å². The normalized spacial score (nSPS) is 13.7. The van der Waals surface area contributed by atoms with E-state index in [-0.39, 0.29) is 17.8 Å². The third kappa shape index (κ3) is 3.77. The number of amides is 2. The molecule has 1 aliphatic heterocycles. The first-order chi connectivity index (χ1) is 14.6. The molecule has 2 aromatic carbocycles. The molecule has 0 unspecified atom stereocenters. The van der Waals surface area contributed by atoms with Crippen molar-refractivity contribution in [2.75, 3.05) is 12.4 Å². The van der Waals surface area contributed by atoms with Crippen molar-refractivity contribution in [1.82, 2.24) is 9.88 Å². The van der Waals surface area contributed by atoms with E-state index in [2.05, 4.69) is 10.3 Å². The first-order valence-corrected chi connectivity index (χ1v) is 9.23. The van der Waals surface area contributed by atoms with Crippen LogP contribution in [0.4, 0.5) is 10.1 Å². The topological polar surface area (TPSA) is 71.5 Å². The van der Waals surface area contributed by atoms with E-state index >= 15 is 0 Å². The minimum atomic E-state index is -0.467. The zero-order valence-electron chi connectivity index (χ0n) is 16.1. The van der Waals surface area contributed by atoms with Crippen LogP contribution in [0, 0.1) is 5.82 Å². The molecule has 150 valence electrons. The third-order valence-electron chi connectivity index (χ3n) is 4.70. The number of ether oxygens (including phenoxy) is 1. The Hall–Kier alpha value is -4.00. The summed E-state index contributed by atoms with van der Waals surface area (Å²) >= 11 is 0. The minimum Gasteiger partial charge on any atom is -0.497 e. The molecule has 0 bridgehead atoms. The number of methoxy groups -OCH3 is 1. The lowest BCUT2D eigenvalue weighted by Gasteiger charge is -2.15. The summed E-state index contributed by atoms with van der Waals surface area (Å²) in [5, 5.41) is 3.05. The number of halogens is 1. The van der Waals surface area contributed by atoms with E-state index < -0.39 is 17.6 Å². The summed E-state index contributed by atoms with van der Waals surface area (Å²) in [6, 6.07) is 16.0. The van der Waals surface area contributed by atoms with Crippen LogP contribution in [-0.4, -0.2) is 28.8 Å². The maximum atomic E-state index is 13.4. The molecule has 2 amide bonds. The van der Waals surface area contributed by atoms with Crippen LogP contribution in [0.3, 0.4) is 0 Å². The number of pyridine rings is 1. The van der Waals surface area contributed by atoms with E-state index in [9.17, 15) is 14.0 Å². The molecule has 1 N–H and O–H groups in total. The van der Waals surface area contributed by atoms with E-state index in [1.807, 2.05) is 0 Å². The van der Waals surface area contributed by atoms with E-state index in [4.69, 9.17) is 4.74 Å². The summed E-state index contributed by atoms with van der Waals surface area (Å²) in [7, 11) is 1.54. The highest BCUT2D eigenvalue weighted by molar-refractivity contribution is 6.36. The van der Waals surface area contributed by atoms with Gasteiger partial charge >= 0.3 is 0 Å². The van der Waals surface area contributed by atoms with Crippen LogP contribution >= 0.6 is 0 Å². The maximum absolute atomic E-state index is 13.4. The predicted octanol–water partition coefficient (Wildman–Crippen LogP) is 3.62. The molecule has 0 fully saturated rings. The molecule has 2 heterocycles. The highest BCUT2D eigenvalue weighted by Gasteiger charge is 2.39. The minimum absolute atomic E-state index is 0.0828. The highest BCUT2D eigenvalue weighted by atomic mass is 19.1. The molecule has 0 saturated heterocycles. The average Bonchev–Trinajstić information content (AvgIpc) is 2.99. The van der Waals surface area contributed by atoms with E-state index in [1.165, 1.54) is 24.3 Å². The number of hydrogen-bond acceptors (Lipinski definition) is 5. The molecular formula is C23H18FN3O3. The number of benzene rings is 2. The summed E-state index contributed by atoms with van der Waals surface area (Å²) in [5.41, 5.74) is 2.08. The van der Waals surface area contributed by atoms with Crippen LogP contribution in [0.5, 0.6) is 5.75 Å². The number of carbonyl (C=O) groups is 2. The standard InChI is InChI=1S/C23H18FN3O3/c1-30-19-6-2-5-18(12-19)26-21-20(16-7-9-17(24)10-8-16)22(28)27(23(21)29)14-15-4-3-11-25-13-15/h2-13,26H,14H2,1H3. The van der Waals surface area contributed by atoms with Crippen LogP contribution in [0.25, 0.3) is 5.57 Å². The van der Waals surface area contributed by atoms with Crippen LogP contribution < -0.4 is 10.1 Å². The number of anilines is 1. The summed E-state index contributed by atoms with van der Waals surface area (Å²) in [4.78, 5) is 31.6. The summed E-state index contributed by atoms with van der Waals surface area (Å²) in [6.07, 6.45) is 3.22. The van der Waals surface area contributed by atoms with Crippen molar-refractivity contribution < 1.29 is 18.7 Å². The molecule has 0 radical (unpaired) electrons. The number of rotatable bonds is 6. The van der Waals surface area contributed by atoms with Crippen molar-refractivity contribution in [2.45, 2.75) is 6.54 Å². The Bertz CT molecular complexity index is 1130. The molecule has 6 nitrogen and oxygen atoms in total. The van der Waals surface area contributed by atoms with Crippen molar-refractivity contribution in [1.29, 1.82) is 0 Å². The number of carbonyl (C=O) groups excluding carboxylic acids is 2. The fourth-order valence-electron chi connectivity index (χ4n) is 3.24. The van der Waals surface area contributed by atoms with Crippen LogP contribution in [0.15, 0.2) is 78.8 Å². The first-order valence-electron chi connectivity index (χ1n) is 9.23. The Morgan fingerprint density at radius 1 is 1.03 bits per heavy atom. The largest absolute Gasteiger partial charge is 0.497 e. The van der Waals surface area contributed by atoms with Gasteiger partial charge in [0.2, 0.25) is 0 Å². The van der Waals surface area contributed by atoms with Crippen LogP contribution in [-0.2, 0) is 16.1 Å². The van der Waals surface area contributed by atoms with Crippen molar-refractivity contribution in [2.24, 2.45) is 0 Å². The van der Waals surface area contributed by atoms with Gasteiger partial charge in [-0.3, -0.25) is 19.5 Å². The van der Waals surface area contributed by atoms with E-state index in [1.54, 1.807) is 55.9 Å². The second kappa shape index (κ2) is 8.16. The Morgan fingerprint density at radius 2 is 1.83 bits per heavy atom. The smallest absolute Gasteiger partial charge is 0.278 e. The first kappa shape index (κ1) is 19.3. The van der Waals surface area contributed by atoms with Gasteiger partial charge in [0, 0.05) is 24.1 Å². The van der Waals surface area contributed by atoms with Gasteiger partial charge in [-0.1, -0.05) is 24.3 Å². The lowest BCUT2D eigenvalue weighted by molar-refractivity contribution is -0.137. The molecule has 3 aromatic rings. The number of nitrogens with zero attached hydrogens (tertiary/aromatic N) is 2. The molecule has 1 aromatic heterocycles. The number of aromatic nitrogens is 1. The molecule has 0 aliphatic carbocycles. The number of imide groups is 1. The quantitative estimate of drug-likeness (QED) is 0.637. The lowest BCUT2D eigenvalue weighted by Crippen LogP contribution is -2.32. The van der Waals surface area contributed by atoms with Gasteiger partial charge in [0.1, 0.15) is 17.3 Å². The van der Waals surface area contributed by atoms with Crippen LogP contribution in [0.2, 0.25) is 0 Å². The van der Waals surface area contributed by atoms with Gasteiger partial charge in [-0.05, 0) is 41.5 Å². The summed E-state index contributed by atoms with van der Waals surface area (Å²) in [5.74, 6) is -0.745. The Labute approximate surface area is 172 Å². The summed E-state index contributed by atoms with van der Waals surface area (Å²) < 4.78 is 18.6. The Morgan fingerprint density at radius 3 is 2.53 bits per heavy atom. The molecule has 30 heavy (non-hydrogen) atoms. The predicted molar refractivity (Wildman–Crippen MR) is 110 cm³/mol. The summed E-state index contributed by atoms with van der Waals surface area (Å²) in [6.45, 7) is 0.0828. The van der Waals surface area contributed by atoms with Gasteiger partial charge in [0.05, 0.1) is 19.2 Å². The second-order valence-electron chi connectivity index (χ2n) is 6.67. The molecule has 0 spiro atoms. The molecule has 4 rings (SSSR count). The van der Waals surface area contributed by atoms with Gasteiger partial charge in [-0.2, -0.15) is 0 Å². The molecular weight excluding hydrogens is 385 g/mol. The Kier molecular flexibility index (Phi) is 5.26. The van der Waals surface area contributed by atoms with Crippen LogP contribution in [0.1, 0.15) is 11.1 Å². The fraction of sp³-hybridized carbons (Fsp3) is 0.0870. The van der Waals surface area contributed by atoms with Gasteiger partial charge in [0.25, 0.3) is 11.8 Å². The number of hydrogen-bond donors (Lipinski definition) is 1. The van der Waals surface area contributed by atoms with E-state index in [0.29, 0.717) is 17.0 Å². The monoisotopic (exact) mass is 403 g/mol. The van der Waals surface area contributed by atoms with Gasteiger partial charge in [0.15, 0.2) is 0 Å². The maximum Gasteiger partial charge on any atom is 0.278 e. The van der Waals surface area contributed by atoms with E-state index in [0.717, 1.165) is 10.5 Å². The molecule has 7 heteroatoms.